The number of rotatable bonds is 14. The van der Waals surface area contributed by atoms with E-state index in [0.29, 0.717) is 53.7 Å². The number of methoxy groups -OCH3 is 1. The van der Waals surface area contributed by atoms with Gasteiger partial charge in [0.15, 0.2) is 8.38 Å². The quantitative estimate of drug-likeness (QED) is 0.117. The molecule has 0 spiro atoms. The number of hydrogen-bond donors (Lipinski definition) is 3. The molecule has 49 heavy (non-hydrogen) atoms. The predicted octanol–water partition coefficient (Wildman–Crippen LogP) is 7.10. The Hall–Kier alpha value is -4.30. The van der Waals surface area contributed by atoms with Crippen LogP contribution < -0.4 is 15.4 Å². The minimum atomic E-state index is -4.79. The van der Waals surface area contributed by atoms with E-state index >= 15 is 0 Å². The number of benzene rings is 2. The summed E-state index contributed by atoms with van der Waals surface area (Å²) in [5, 5.41) is 20.3. The molecule has 2 aromatic heterocycles. The summed E-state index contributed by atoms with van der Waals surface area (Å²) < 4.78 is 61.2. The summed E-state index contributed by atoms with van der Waals surface area (Å²) >= 11 is 0. The zero-order valence-corrected chi connectivity index (χ0v) is 28.9. The monoisotopic (exact) mass is 701 g/mol. The zero-order valence-electron chi connectivity index (χ0n) is 28.1. The molecule has 1 aliphatic rings. The normalized spacial score (nSPS) is 13.3. The number of alkyl halides is 3. The Morgan fingerprint density at radius 2 is 1.76 bits per heavy atom. The molecule has 0 saturated carbocycles. The molecule has 0 atom stereocenters. The zero-order chi connectivity index (χ0) is 35.5. The lowest BCUT2D eigenvalue weighted by Crippen LogP contribution is -2.26. The summed E-state index contributed by atoms with van der Waals surface area (Å²) in [7, 11) is 1.96. The first-order chi connectivity index (χ1) is 23.2. The van der Waals surface area contributed by atoms with Gasteiger partial charge in [0.1, 0.15) is 17.1 Å². The van der Waals surface area contributed by atoms with Crippen molar-refractivity contribution in [1.29, 1.82) is 0 Å². The number of aromatic nitrogens is 4. The van der Waals surface area contributed by atoms with Crippen LogP contribution in [0.15, 0.2) is 48.9 Å². The van der Waals surface area contributed by atoms with E-state index < -0.39 is 31.5 Å². The number of halogens is 3. The highest BCUT2D eigenvalue weighted by Crippen LogP contribution is 2.44. The Labute approximate surface area is 283 Å². The van der Waals surface area contributed by atoms with Gasteiger partial charge in [-0.05, 0) is 62.6 Å². The molecule has 0 fully saturated rings. The topological polar surface area (TPSA) is 136 Å². The maximum absolute atomic E-state index is 14.2. The lowest BCUT2D eigenvalue weighted by atomic mass is 9.97. The van der Waals surface area contributed by atoms with E-state index in [1.54, 1.807) is 62.2 Å². The average Bonchev–Trinajstić information content (AvgIpc) is 3.60. The van der Waals surface area contributed by atoms with E-state index in [4.69, 9.17) is 13.8 Å². The average molecular weight is 702 g/mol. The highest BCUT2D eigenvalue weighted by molar-refractivity contribution is 7.46. The first-order valence-corrected chi connectivity index (χ1v) is 16.9. The molecule has 16 heteroatoms. The lowest BCUT2D eigenvalue weighted by Gasteiger charge is -2.18. The fourth-order valence-corrected chi connectivity index (χ4v) is 6.74. The van der Waals surface area contributed by atoms with Crippen LogP contribution in [0.2, 0.25) is 0 Å². The molecule has 2 aromatic carbocycles. The Balaban J connectivity index is 1.47. The van der Waals surface area contributed by atoms with Crippen LogP contribution in [0.4, 0.5) is 36.3 Å². The third kappa shape index (κ3) is 8.47. The molecule has 12 nitrogen and oxygen atoms in total. The first kappa shape index (κ1) is 36.0. The van der Waals surface area contributed by atoms with Crippen molar-refractivity contribution in [3.63, 3.8) is 0 Å². The standard InChI is InChI=1S/C33H39F3N7O5P/c1-7-47-49(48-8-2)18-20-9-11-25(27(13-20)46-6)40-31-37-15-24(33(34,35)36)29(41-31)39-26-12-10-22(23-17-42(5)30(44)28(23)26)21-14-38-43(16-21)19-32(3,4)45/h9-16,45H,7-8,17-19H2,1-6H3,(H2,37,39,40,41). The SMILES string of the molecule is CCOP(Cc1ccc(Nc2ncc(C(F)(F)F)c(Nc3ccc(-c4cnn(CC(C)(C)O)c4)c4c3C(=O)N(C)C4)n2)c(OC)c1)OCC. The van der Waals surface area contributed by atoms with Crippen molar-refractivity contribution in [3.8, 4) is 16.9 Å². The largest absolute Gasteiger partial charge is 0.495 e. The van der Waals surface area contributed by atoms with Crippen LogP contribution in [0.1, 0.15) is 54.7 Å². The Bertz CT molecular complexity index is 1810. The maximum atomic E-state index is 14.2. The van der Waals surface area contributed by atoms with Gasteiger partial charge in [0.25, 0.3) is 5.91 Å². The molecule has 0 bridgehead atoms. The number of hydrogen-bond acceptors (Lipinski definition) is 10. The van der Waals surface area contributed by atoms with E-state index in [9.17, 15) is 23.1 Å². The van der Waals surface area contributed by atoms with Gasteiger partial charge in [0, 0.05) is 37.7 Å². The fraction of sp³-hybridized carbons (Fsp3) is 0.394. The number of anilines is 4. The van der Waals surface area contributed by atoms with Crippen LogP contribution in [-0.2, 0) is 34.5 Å². The number of carbonyl (C=O) groups is 1. The van der Waals surface area contributed by atoms with Crippen molar-refractivity contribution in [3.05, 3.63) is 71.2 Å². The summed E-state index contributed by atoms with van der Waals surface area (Å²) in [6.07, 6.45) is -0.197. The van der Waals surface area contributed by atoms with Gasteiger partial charge in [0.05, 0.1) is 55.6 Å². The molecule has 262 valence electrons. The van der Waals surface area contributed by atoms with Crippen molar-refractivity contribution in [2.24, 2.45) is 0 Å². The molecule has 0 saturated heterocycles. The predicted molar refractivity (Wildman–Crippen MR) is 180 cm³/mol. The van der Waals surface area contributed by atoms with Gasteiger partial charge >= 0.3 is 6.18 Å². The van der Waals surface area contributed by atoms with Gasteiger partial charge in [-0.15, -0.1) is 0 Å². The summed E-state index contributed by atoms with van der Waals surface area (Å²) in [4.78, 5) is 23.0. The Morgan fingerprint density at radius 1 is 1.04 bits per heavy atom. The number of carbonyl (C=O) groups excluding carboxylic acids is 1. The van der Waals surface area contributed by atoms with E-state index in [1.165, 1.54) is 12.0 Å². The summed E-state index contributed by atoms with van der Waals surface area (Å²) in [6.45, 7) is 8.63. The van der Waals surface area contributed by atoms with Crippen LogP contribution in [0.5, 0.6) is 5.75 Å². The number of ether oxygens (including phenoxy) is 1. The van der Waals surface area contributed by atoms with Crippen molar-refractivity contribution >= 4 is 37.4 Å². The molecular formula is C33H39F3N7O5P. The van der Waals surface area contributed by atoms with E-state index in [1.807, 2.05) is 19.9 Å². The van der Waals surface area contributed by atoms with Crippen molar-refractivity contribution in [2.45, 2.75) is 58.7 Å². The van der Waals surface area contributed by atoms with Crippen molar-refractivity contribution < 1.29 is 36.9 Å². The van der Waals surface area contributed by atoms with Gasteiger partial charge in [0.2, 0.25) is 5.95 Å². The highest BCUT2D eigenvalue weighted by Gasteiger charge is 2.37. The number of nitrogens with zero attached hydrogens (tertiary/aromatic N) is 5. The van der Waals surface area contributed by atoms with E-state index in [2.05, 4.69) is 25.7 Å². The number of aliphatic hydroxyl groups is 1. The van der Waals surface area contributed by atoms with Crippen LogP contribution in [0.3, 0.4) is 0 Å². The van der Waals surface area contributed by atoms with Gasteiger partial charge in [-0.2, -0.15) is 23.3 Å². The summed E-state index contributed by atoms with van der Waals surface area (Å²) in [5.74, 6) is -0.587. The second kappa shape index (κ2) is 14.7. The second-order valence-electron chi connectivity index (χ2n) is 12.0. The van der Waals surface area contributed by atoms with Gasteiger partial charge in [-0.1, -0.05) is 12.1 Å². The number of nitrogens with one attached hydrogen (secondary N) is 2. The van der Waals surface area contributed by atoms with Crippen molar-refractivity contribution in [2.75, 3.05) is 38.0 Å². The Morgan fingerprint density at radius 3 is 2.41 bits per heavy atom. The molecule has 0 aliphatic carbocycles. The minimum Gasteiger partial charge on any atom is -0.495 e. The van der Waals surface area contributed by atoms with Crippen LogP contribution in [0, 0.1) is 0 Å². The molecule has 1 aliphatic heterocycles. The number of amides is 1. The van der Waals surface area contributed by atoms with Gasteiger partial charge < -0.3 is 34.4 Å². The van der Waals surface area contributed by atoms with Crippen LogP contribution >= 0.6 is 8.38 Å². The lowest BCUT2D eigenvalue weighted by molar-refractivity contribution is -0.137. The molecule has 0 radical (unpaired) electrons. The summed E-state index contributed by atoms with van der Waals surface area (Å²) in [6, 6.07) is 8.62. The molecule has 5 rings (SSSR count). The smallest absolute Gasteiger partial charge is 0.421 e. The molecule has 4 aromatic rings. The highest BCUT2D eigenvalue weighted by atomic mass is 31.2. The van der Waals surface area contributed by atoms with E-state index in [0.717, 1.165) is 5.56 Å². The molecule has 1 amide bonds. The Kier molecular flexibility index (Phi) is 10.8. The van der Waals surface area contributed by atoms with Crippen LogP contribution in [0.25, 0.3) is 11.1 Å². The molecule has 0 unspecified atom stereocenters. The van der Waals surface area contributed by atoms with Gasteiger partial charge in [-0.3, -0.25) is 9.48 Å². The molecular weight excluding hydrogens is 662 g/mol. The number of fused-ring (bicyclic) bond motifs is 1. The third-order valence-corrected chi connectivity index (χ3v) is 9.20. The van der Waals surface area contributed by atoms with E-state index in [-0.39, 0.29) is 36.2 Å². The summed E-state index contributed by atoms with van der Waals surface area (Å²) in [5.41, 5.74) is 1.64. The maximum Gasteiger partial charge on any atom is 0.421 e. The second-order valence-corrected chi connectivity index (χ2v) is 13.5. The van der Waals surface area contributed by atoms with Crippen LogP contribution in [-0.4, -0.2) is 68.6 Å². The van der Waals surface area contributed by atoms with Gasteiger partial charge in [-0.25, -0.2) is 4.98 Å². The molecule has 3 heterocycles. The fourth-order valence-electron chi connectivity index (χ4n) is 5.41. The third-order valence-electron chi connectivity index (χ3n) is 7.48. The first-order valence-electron chi connectivity index (χ1n) is 15.6. The molecule has 3 N–H and O–H groups in total. The van der Waals surface area contributed by atoms with Crippen molar-refractivity contribution in [1.82, 2.24) is 24.6 Å². The minimum absolute atomic E-state index is 0.122.